The molecule has 2 N–H and O–H groups in total. The Hall–Kier alpha value is -1.16. The summed E-state index contributed by atoms with van der Waals surface area (Å²) < 4.78 is 6.26. The minimum atomic E-state index is 0. The minimum absolute atomic E-state index is 0. The normalized spacial score (nSPS) is 16.0. The van der Waals surface area contributed by atoms with Gasteiger partial charge in [-0.25, -0.2) is 4.99 Å². The molecule has 2 aromatic rings. The van der Waals surface area contributed by atoms with Gasteiger partial charge in [-0.3, -0.25) is 0 Å². The Morgan fingerprint density at radius 2 is 1.93 bits per heavy atom. The molecular weight excluding hydrogens is 521 g/mol. The highest BCUT2D eigenvalue weighted by Crippen LogP contribution is 2.40. The van der Waals surface area contributed by atoms with Crippen LogP contribution < -0.4 is 10.6 Å². The molecule has 1 aliphatic carbocycles. The zero-order valence-electron chi connectivity index (χ0n) is 15.8. The number of aryl methyl sites for hydroxylation is 1. The first-order chi connectivity index (χ1) is 12.6. The molecule has 8 heteroatoms. The predicted molar refractivity (Wildman–Crippen MR) is 122 cm³/mol. The molecule has 0 unspecified atom stereocenters. The molecule has 27 heavy (non-hydrogen) atoms. The lowest BCUT2D eigenvalue weighted by Gasteiger charge is -2.31. The highest BCUT2D eigenvalue weighted by atomic mass is 127. The van der Waals surface area contributed by atoms with Crippen LogP contribution >= 0.6 is 39.9 Å². The van der Waals surface area contributed by atoms with Crippen molar-refractivity contribution in [3.63, 3.8) is 0 Å². The van der Waals surface area contributed by atoms with Crippen molar-refractivity contribution in [3.05, 3.63) is 46.0 Å². The van der Waals surface area contributed by atoms with Crippen LogP contribution in [-0.4, -0.2) is 29.2 Å². The van der Waals surface area contributed by atoms with Crippen LogP contribution in [0.5, 0.6) is 0 Å². The van der Waals surface area contributed by atoms with Crippen LogP contribution in [0.2, 0.25) is 0 Å². The number of nitrogens with one attached hydrogen (secondary N) is 2. The summed E-state index contributed by atoms with van der Waals surface area (Å²) in [7, 11) is 0. The molecule has 1 heterocycles. The number of guanidine groups is 1. The molecule has 1 aliphatic rings. The SMILES string of the molecule is CCNC(=NCc1nc(C)no1)NCC1(c2ccc(Br)cc2)CCCC1.I. The zero-order valence-corrected chi connectivity index (χ0v) is 19.7. The molecule has 3 rings (SSSR count). The standard InChI is InChI=1S/C19H26BrN5O.HI/c1-3-21-18(22-12-17-24-14(2)25-26-17)23-13-19(10-4-5-11-19)15-6-8-16(20)9-7-15;/h6-9H,3-5,10-13H2,1-2H3,(H2,21,22,23);1H. The van der Waals surface area contributed by atoms with Crippen LogP contribution in [0.1, 0.15) is 49.9 Å². The summed E-state index contributed by atoms with van der Waals surface area (Å²) in [6.45, 7) is 5.92. The number of nitrogens with zero attached hydrogens (tertiary/aromatic N) is 3. The summed E-state index contributed by atoms with van der Waals surface area (Å²) in [6.07, 6.45) is 4.94. The predicted octanol–water partition coefficient (Wildman–Crippen LogP) is 4.33. The molecule has 0 radical (unpaired) electrons. The molecule has 0 bridgehead atoms. The number of hydrogen-bond donors (Lipinski definition) is 2. The fraction of sp³-hybridized carbons (Fsp3) is 0.526. The lowest BCUT2D eigenvalue weighted by atomic mass is 9.79. The van der Waals surface area contributed by atoms with Crippen LogP contribution in [0.4, 0.5) is 0 Å². The van der Waals surface area contributed by atoms with Crippen molar-refractivity contribution in [1.29, 1.82) is 0 Å². The van der Waals surface area contributed by atoms with Gasteiger partial charge in [-0.1, -0.05) is 46.1 Å². The van der Waals surface area contributed by atoms with Gasteiger partial charge in [0.1, 0.15) is 6.54 Å². The number of aliphatic imine (C=N–C) groups is 1. The molecular formula is C19H27BrIN5O. The van der Waals surface area contributed by atoms with E-state index in [4.69, 9.17) is 4.52 Å². The lowest BCUT2D eigenvalue weighted by Crippen LogP contribution is -2.44. The van der Waals surface area contributed by atoms with Crippen LogP contribution in [-0.2, 0) is 12.0 Å². The zero-order chi connectivity index (χ0) is 18.4. The van der Waals surface area contributed by atoms with E-state index < -0.39 is 0 Å². The number of hydrogen-bond acceptors (Lipinski definition) is 4. The number of halogens is 2. The molecule has 0 atom stereocenters. The molecule has 0 saturated heterocycles. The van der Waals surface area contributed by atoms with Crippen molar-refractivity contribution in [2.75, 3.05) is 13.1 Å². The fourth-order valence-corrected chi connectivity index (χ4v) is 3.83. The topological polar surface area (TPSA) is 75.3 Å². The van der Waals surface area contributed by atoms with E-state index in [9.17, 15) is 0 Å². The Bertz CT molecular complexity index is 741. The van der Waals surface area contributed by atoms with Crippen molar-refractivity contribution >= 4 is 45.9 Å². The van der Waals surface area contributed by atoms with Gasteiger partial charge in [-0.2, -0.15) is 4.98 Å². The molecule has 148 valence electrons. The van der Waals surface area contributed by atoms with Gasteiger partial charge in [0.15, 0.2) is 11.8 Å². The largest absolute Gasteiger partial charge is 0.357 e. The fourth-order valence-electron chi connectivity index (χ4n) is 3.57. The second kappa shape index (κ2) is 10.4. The van der Waals surface area contributed by atoms with E-state index >= 15 is 0 Å². The Labute approximate surface area is 186 Å². The number of aromatic nitrogens is 2. The summed E-state index contributed by atoms with van der Waals surface area (Å²) >= 11 is 3.53. The Kier molecular flexibility index (Phi) is 8.53. The van der Waals surface area contributed by atoms with Crippen LogP contribution in [0.25, 0.3) is 0 Å². The second-order valence-corrected chi connectivity index (χ2v) is 7.69. The number of rotatable bonds is 6. The Morgan fingerprint density at radius 1 is 1.22 bits per heavy atom. The van der Waals surface area contributed by atoms with Crippen molar-refractivity contribution < 1.29 is 4.52 Å². The molecule has 1 fully saturated rings. The molecule has 1 saturated carbocycles. The van der Waals surface area contributed by atoms with Crippen LogP contribution in [0.15, 0.2) is 38.3 Å². The van der Waals surface area contributed by atoms with E-state index in [1.165, 1.54) is 31.2 Å². The summed E-state index contributed by atoms with van der Waals surface area (Å²) in [5.74, 6) is 1.95. The highest BCUT2D eigenvalue weighted by Gasteiger charge is 2.35. The summed E-state index contributed by atoms with van der Waals surface area (Å²) in [5.41, 5.74) is 1.56. The first-order valence-electron chi connectivity index (χ1n) is 9.19. The van der Waals surface area contributed by atoms with Gasteiger partial charge in [0.05, 0.1) is 0 Å². The third kappa shape index (κ3) is 5.91. The van der Waals surface area contributed by atoms with E-state index in [2.05, 4.69) is 72.9 Å². The maximum Gasteiger partial charge on any atom is 0.248 e. The van der Waals surface area contributed by atoms with E-state index in [-0.39, 0.29) is 29.4 Å². The maximum atomic E-state index is 5.14. The van der Waals surface area contributed by atoms with E-state index in [0.29, 0.717) is 18.3 Å². The van der Waals surface area contributed by atoms with Crippen LogP contribution in [0.3, 0.4) is 0 Å². The molecule has 0 aliphatic heterocycles. The summed E-state index contributed by atoms with van der Waals surface area (Å²) in [5, 5.41) is 10.6. The minimum Gasteiger partial charge on any atom is -0.357 e. The van der Waals surface area contributed by atoms with Crippen molar-refractivity contribution in [2.24, 2.45) is 4.99 Å². The Morgan fingerprint density at radius 3 is 2.52 bits per heavy atom. The van der Waals surface area contributed by atoms with Gasteiger partial charge in [0.2, 0.25) is 5.89 Å². The van der Waals surface area contributed by atoms with Crippen molar-refractivity contribution in [1.82, 2.24) is 20.8 Å². The Balaban J connectivity index is 0.00000261. The van der Waals surface area contributed by atoms with Gasteiger partial charge in [-0.15, -0.1) is 24.0 Å². The van der Waals surface area contributed by atoms with Gasteiger partial charge in [-0.05, 0) is 44.4 Å². The monoisotopic (exact) mass is 547 g/mol. The number of benzene rings is 1. The first-order valence-corrected chi connectivity index (χ1v) is 9.98. The van der Waals surface area contributed by atoms with Crippen molar-refractivity contribution in [2.45, 2.75) is 51.5 Å². The van der Waals surface area contributed by atoms with Crippen LogP contribution in [0, 0.1) is 6.92 Å². The van der Waals surface area contributed by atoms with Gasteiger partial charge < -0.3 is 15.2 Å². The quantitative estimate of drug-likeness (QED) is 0.320. The second-order valence-electron chi connectivity index (χ2n) is 6.78. The molecule has 1 aromatic heterocycles. The van der Waals surface area contributed by atoms with Crippen molar-refractivity contribution in [3.8, 4) is 0 Å². The molecule has 0 spiro atoms. The maximum absolute atomic E-state index is 5.14. The first kappa shape index (κ1) is 22.1. The molecule has 6 nitrogen and oxygen atoms in total. The van der Waals surface area contributed by atoms with E-state index in [1.807, 2.05) is 6.92 Å². The summed E-state index contributed by atoms with van der Waals surface area (Å²) in [4.78, 5) is 8.79. The molecule has 0 amide bonds. The van der Waals surface area contributed by atoms with Gasteiger partial charge in [0, 0.05) is 23.0 Å². The average molecular weight is 548 g/mol. The lowest BCUT2D eigenvalue weighted by molar-refractivity contribution is 0.376. The smallest absolute Gasteiger partial charge is 0.248 e. The third-order valence-corrected chi connectivity index (χ3v) is 5.43. The highest BCUT2D eigenvalue weighted by molar-refractivity contribution is 14.0. The van der Waals surface area contributed by atoms with E-state index in [0.717, 1.165) is 23.5 Å². The van der Waals surface area contributed by atoms with E-state index in [1.54, 1.807) is 0 Å². The average Bonchev–Trinajstić information content (AvgIpc) is 3.28. The third-order valence-electron chi connectivity index (χ3n) is 4.90. The van der Waals surface area contributed by atoms with Gasteiger partial charge >= 0.3 is 0 Å². The molecule has 1 aromatic carbocycles. The van der Waals surface area contributed by atoms with Gasteiger partial charge in [0.25, 0.3) is 0 Å². The summed E-state index contributed by atoms with van der Waals surface area (Å²) in [6, 6.07) is 8.74.